The second kappa shape index (κ2) is 5.31. The first-order valence-corrected chi connectivity index (χ1v) is 6.94. The minimum absolute atomic E-state index is 0.336. The smallest absolute Gasteiger partial charge is 0.137 e. The maximum atomic E-state index is 11.9. The van der Waals surface area contributed by atoms with Crippen molar-refractivity contribution in [2.75, 3.05) is 19.6 Å². The third-order valence-electron chi connectivity index (χ3n) is 4.16. The van der Waals surface area contributed by atoms with Crippen molar-refractivity contribution in [3.05, 3.63) is 0 Å². The standard InChI is InChI=1S/C14H25NO/c1-3-15(9-12-5-6-12)10-13-8-11(2)4-7-14(13)16/h11-13H,3-10H2,1-2H3. The van der Waals surface area contributed by atoms with Crippen molar-refractivity contribution in [3.8, 4) is 0 Å². The summed E-state index contributed by atoms with van der Waals surface area (Å²) in [6, 6.07) is 0. The molecule has 92 valence electrons. The zero-order chi connectivity index (χ0) is 11.5. The average Bonchev–Trinajstić information content (AvgIpc) is 3.06. The molecule has 0 bridgehead atoms. The van der Waals surface area contributed by atoms with E-state index in [1.165, 1.54) is 19.4 Å². The molecule has 2 fully saturated rings. The molecule has 0 heterocycles. The molecule has 16 heavy (non-hydrogen) atoms. The van der Waals surface area contributed by atoms with Gasteiger partial charge in [-0.2, -0.15) is 0 Å². The fourth-order valence-corrected chi connectivity index (χ4v) is 2.81. The summed E-state index contributed by atoms with van der Waals surface area (Å²) in [6.45, 7) is 7.87. The van der Waals surface area contributed by atoms with Gasteiger partial charge in [0.25, 0.3) is 0 Å². The minimum Gasteiger partial charge on any atom is -0.303 e. The van der Waals surface area contributed by atoms with Crippen LogP contribution in [0.4, 0.5) is 0 Å². The highest BCUT2D eigenvalue weighted by Gasteiger charge is 2.30. The number of hydrogen-bond acceptors (Lipinski definition) is 2. The summed E-state index contributed by atoms with van der Waals surface area (Å²) in [6.07, 6.45) is 5.88. The van der Waals surface area contributed by atoms with E-state index in [1.54, 1.807) is 0 Å². The fraction of sp³-hybridized carbons (Fsp3) is 0.929. The van der Waals surface area contributed by atoms with Crippen molar-refractivity contribution < 1.29 is 4.79 Å². The molecule has 0 amide bonds. The van der Waals surface area contributed by atoms with Crippen LogP contribution in [0.2, 0.25) is 0 Å². The van der Waals surface area contributed by atoms with Crippen molar-refractivity contribution in [2.45, 2.75) is 46.0 Å². The van der Waals surface area contributed by atoms with Crippen molar-refractivity contribution in [1.29, 1.82) is 0 Å². The zero-order valence-electron chi connectivity index (χ0n) is 10.7. The molecule has 2 atom stereocenters. The van der Waals surface area contributed by atoms with Gasteiger partial charge in [0.1, 0.15) is 5.78 Å². The molecular formula is C14H25NO. The van der Waals surface area contributed by atoms with Gasteiger partial charge in [0.15, 0.2) is 0 Å². The number of rotatable bonds is 5. The Balaban J connectivity index is 1.82. The average molecular weight is 223 g/mol. The molecule has 2 rings (SSSR count). The van der Waals surface area contributed by atoms with Gasteiger partial charge < -0.3 is 4.90 Å². The first-order valence-electron chi connectivity index (χ1n) is 6.94. The van der Waals surface area contributed by atoms with E-state index in [9.17, 15) is 4.79 Å². The topological polar surface area (TPSA) is 20.3 Å². The highest BCUT2D eigenvalue weighted by Crippen LogP contribution is 2.31. The van der Waals surface area contributed by atoms with E-state index in [4.69, 9.17) is 0 Å². The Morgan fingerprint density at radius 3 is 2.62 bits per heavy atom. The van der Waals surface area contributed by atoms with Crippen molar-refractivity contribution in [1.82, 2.24) is 4.90 Å². The molecule has 0 aliphatic heterocycles. The van der Waals surface area contributed by atoms with E-state index in [-0.39, 0.29) is 0 Å². The van der Waals surface area contributed by atoms with E-state index in [0.717, 1.165) is 44.2 Å². The molecule has 0 spiro atoms. The van der Waals surface area contributed by atoms with E-state index < -0.39 is 0 Å². The number of carbonyl (C=O) groups is 1. The molecule has 2 saturated carbocycles. The first kappa shape index (κ1) is 12.1. The van der Waals surface area contributed by atoms with Gasteiger partial charge in [-0.3, -0.25) is 4.79 Å². The Bertz CT molecular complexity index is 247. The molecule has 2 aliphatic carbocycles. The molecule has 0 radical (unpaired) electrons. The van der Waals surface area contributed by atoms with Gasteiger partial charge in [-0.25, -0.2) is 0 Å². The fourth-order valence-electron chi connectivity index (χ4n) is 2.81. The Hall–Kier alpha value is -0.370. The van der Waals surface area contributed by atoms with E-state index in [2.05, 4.69) is 18.7 Å². The molecule has 2 heteroatoms. The van der Waals surface area contributed by atoms with Crippen LogP contribution < -0.4 is 0 Å². The number of hydrogen-bond donors (Lipinski definition) is 0. The van der Waals surface area contributed by atoms with Gasteiger partial charge >= 0.3 is 0 Å². The Morgan fingerprint density at radius 2 is 2.00 bits per heavy atom. The zero-order valence-corrected chi connectivity index (χ0v) is 10.7. The van der Waals surface area contributed by atoms with Crippen LogP contribution in [-0.2, 0) is 4.79 Å². The lowest BCUT2D eigenvalue weighted by Crippen LogP contribution is -2.37. The van der Waals surface area contributed by atoms with Crippen LogP contribution in [0, 0.1) is 17.8 Å². The number of nitrogens with zero attached hydrogens (tertiary/aromatic N) is 1. The molecule has 2 aliphatic rings. The molecule has 0 N–H and O–H groups in total. The molecule has 0 saturated heterocycles. The van der Waals surface area contributed by atoms with Gasteiger partial charge in [-0.15, -0.1) is 0 Å². The predicted molar refractivity (Wildman–Crippen MR) is 66.4 cm³/mol. The molecule has 0 aromatic heterocycles. The van der Waals surface area contributed by atoms with Crippen molar-refractivity contribution in [2.24, 2.45) is 17.8 Å². The largest absolute Gasteiger partial charge is 0.303 e. The lowest BCUT2D eigenvalue weighted by molar-refractivity contribution is -0.126. The lowest BCUT2D eigenvalue weighted by atomic mass is 9.81. The molecule has 2 unspecified atom stereocenters. The van der Waals surface area contributed by atoms with Crippen LogP contribution >= 0.6 is 0 Å². The van der Waals surface area contributed by atoms with Crippen molar-refractivity contribution in [3.63, 3.8) is 0 Å². The first-order chi connectivity index (χ1) is 7.69. The second-order valence-corrected chi connectivity index (χ2v) is 5.84. The predicted octanol–water partition coefficient (Wildman–Crippen LogP) is 2.72. The number of Topliss-reactive ketones (excluding diaryl/α,β-unsaturated/α-hetero) is 1. The summed E-state index contributed by atoms with van der Waals surface area (Å²) >= 11 is 0. The van der Waals surface area contributed by atoms with Crippen LogP contribution in [0.15, 0.2) is 0 Å². The quantitative estimate of drug-likeness (QED) is 0.714. The van der Waals surface area contributed by atoms with E-state index in [0.29, 0.717) is 11.7 Å². The molecule has 0 aromatic rings. The van der Waals surface area contributed by atoms with Gasteiger partial charge in [0.2, 0.25) is 0 Å². The normalized spacial score (nSPS) is 31.1. The lowest BCUT2D eigenvalue weighted by Gasteiger charge is -2.30. The van der Waals surface area contributed by atoms with Crippen LogP contribution in [-0.4, -0.2) is 30.3 Å². The van der Waals surface area contributed by atoms with Crippen LogP contribution in [0.25, 0.3) is 0 Å². The third-order valence-corrected chi connectivity index (χ3v) is 4.16. The Kier molecular flexibility index (Phi) is 4.01. The van der Waals surface area contributed by atoms with Gasteiger partial charge in [0, 0.05) is 25.4 Å². The molecular weight excluding hydrogens is 198 g/mol. The summed E-state index contributed by atoms with van der Waals surface area (Å²) in [7, 11) is 0. The van der Waals surface area contributed by atoms with Crippen molar-refractivity contribution >= 4 is 5.78 Å². The second-order valence-electron chi connectivity index (χ2n) is 5.84. The summed E-state index contributed by atoms with van der Waals surface area (Å²) in [5, 5.41) is 0. The third kappa shape index (κ3) is 3.31. The van der Waals surface area contributed by atoms with Crippen LogP contribution in [0.3, 0.4) is 0 Å². The van der Waals surface area contributed by atoms with Crippen LogP contribution in [0.1, 0.15) is 46.0 Å². The maximum Gasteiger partial charge on any atom is 0.137 e. The summed E-state index contributed by atoms with van der Waals surface area (Å²) in [4.78, 5) is 14.4. The van der Waals surface area contributed by atoms with E-state index in [1.807, 2.05) is 0 Å². The van der Waals surface area contributed by atoms with Crippen LogP contribution in [0.5, 0.6) is 0 Å². The number of ketones is 1. The number of carbonyl (C=O) groups excluding carboxylic acids is 1. The minimum atomic E-state index is 0.336. The summed E-state index contributed by atoms with van der Waals surface area (Å²) in [5.41, 5.74) is 0. The van der Waals surface area contributed by atoms with Gasteiger partial charge in [-0.05, 0) is 44.1 Å². The SMILES string of the molecule is CCN(CC1CC1)CC1CC(C)CCC1=O. The molecule has 2 nitrogen and oxygen atoms in total. The highest BCUT2D eigenvalue weighted by molar-refractivity contribution is 5.81. The highest BCUT2D eigenvalue weighted by atomic mass is 16.1. The monoisotopic (exact) mass is 223 g/mol. The Morgan fingerprint density at radius 1 is 1.25 bits per heavy atom. The maximum absolute atomic E-state index is 11.9. The van der Waals surface area contributed by atoms with Gasteiger partial charge in [-0.1, -0.05) is 13.8 Å². The summed E-state index contributed by atoms with van der Waals surface area (Å²) in [5.74, 6) is 2.55. The van der Waals surface area contributed by atoms with E-state index >= 15 is 0 Å². The summed E-state index contributed by atoms with van der Waals surface area (Å²) < 4.78 is 0. The molecule has 0 aromatic carbocycles. The van der Waals surface area contributed by atoms with Gasteiger partial charge in [0.05, 0.1) is 0 Å². The Labute approximate surface area is 99.4 Å².